The number of aromatic hydroxyl groups is 1. The zero-order valence-electron chi connectivity index (χ0n) is 10.00. The number of aromatic carboxylic acids is 1. The third kappa shape index (κ3) is 2.20. The van der Waals surface area contributed by atoms with Crippen molar-refractivity contribution in [1.29, 1.82) is 0 Å². The van der Waals surface area contributed by atoms with Crippen molar-refractivity contribution in [3.63, 3.8) is 0 Å². The summed E-state index contributed by atoms with van der Waals surface area (Å²) in [5.74, 6) is -1.10. The molecular formula is C13H14N2O3. The van der Waals surface area contributed by atoms with Crippen molar-refractivity contribution in [3.8, 4) is 17.0 Å². The molecule has 0 radical (unpaired) electrons. The van der Waals surface area contributed by atoms with Crippen LogP contribution in [-0.2, 0) is 6.54 Å². The van der Waals surface area contributed by atoms with Crippen molar-refractivity contribution in [3.05, 3.63) is 36.0 Å². The number of phenols is 1. The van der Waals surface area contributed by atoms with Crippen LogP contribution in [0.5, 0.6) is 5.75 Å². The smallest absolute Gasteiger partial charge is 0.335 e. The van der Waals surface area contributed by atoms with E-state index in [1.165, 1.54) is 12.1 Å². The molecule has 1 aromatic carbocycles. The number of carbonyl (C=O) groups is 1. The van der Waals surface area contributed by atoms with Crippen LogP contribution in [0.25, 0.3) is 11.3 Å². The molecule has 2 aromatic rings. The highest BCUT2D eigenvalue weighted by Crippen LogP contribution is 2.29. The highest BCUT2D eigenvalue weighted by atomic mass is 16.4. The quantitative estimate of drug-likeness (QED) is 0.868. The van der Waals surface area contributed by atoms with Gasteiger partial charge < -0.3 is 10.2 Å². The normalized spacial score (nSPS) is 10.5. The molecule has 0 saturated carbocycles. The highest BCUT2D eigenvalue weighted by molar-refractivity contribution is 5.89. The van der Waals surface area contributed by atoms with Crippen molar-refractivity contribution >= 4 is 5.97 Å². The van der Waals surface area contributed by atoms with E-state index in [9.17, 15) is 9.90 Å². The van der Waals surface area contributed by atoms with Gasteiger partial charge in [-0.15, -0.1) is 0 Å². The first kappa shape index (κ1) is 12.2. The van der Waals surface area contributed by atoms with E-state index in [2.05, 4.69) is 5.10 Å². The predicted molar refractivity (Wildman–Crippen MR) is 66.6 cm³/mol. The lowest BCUT2D eigenvalue weighted by Gasteiger charge is -2.08. The first-order chi connectivity index (χ1) is 8.63. The van der Waals surface area contributed by atoms with E-state index < -0.39 is 5.97 Å². The SMILES string of the molecule is CCCn1nccc1-c1ccc(C(=O)O)cc1O. The first-order valence-corrected chi connectivity index (χ1v) is 5.72. The van der Waals surface area contributed by atoms with Crippen LogP contribution >= 0.6 is 0 Å². The Balaban J connectivity index is 2.44. The molecule has 1 aromatic heterocycles. The Hall–Kier alpha value is -2.30. The number of carboxylic acid groups (broad SMARTS) is 1. The van der Waals surface area contributed by atoms with Crippen molar-refractivity contribution in [2.24, 2.45) is 0 Å². The summed E-state index contributed by atoms with van der Waals surface area (Å²) in [6.07, 6.45) is 2.60. The lowest BCUT2D eigenvalue weighted by molar-refractivity contribution is 0.0696. The Morgan fingerprint density at radius 1 is 1.39 bits per heavy atom. The Kier molecular flexibility index (Phi) is 3.32. The van der Waals surface area contributed by atoms with E-state index in [1.54, 1.807) is 23.0 Å². The Morgan fingerprint density at radius 2 is 2.17 bits per heavy atom. The molecule has 0 aliphatic rings. The summed E-state index contributed by atoms with van der Waals surface area (Å²) in [5, 5.41) is 22.9. The van der Waals surface area contributed by atoms with Crippen LogP contribution in [0.4, 0.5) is 0 Å². The second kappa shape index (κ2) is 4.91. The van der Waals surface area contributed by atoms with Gasteiger partial charge in [-0.1, -0.05) is 6.92 Å². The van der Waals surface area contributed by atoms with Crippen molar-refractivity contribution in [1.82, 2.24) is 9.78 Å². The molecule has 0 spiro atoms. The van der Waals surface area contributed by atoms with Crippen LogP contribution in [0.3, 0.4) is 0 Å². The van der Waals surface area contributed by atoms with Crippen LogP contribution in [-0.4, -0.2) is 26.0 Å². The van der Waals surface area contributed by atoms with E-state index in [-0.39, 0.29) is 11.3 Å². The first-order valence-electron chi connectivity index (χ1n) is 5.72. The van der Waals surface area contributed by atoms with Crippen molar-refractivity contribution < 1.29 is 15.0 Å². The van der Waals surface area contributed by atoms with E-state index in [1.807, 2.05) is 6.92 Å². The van der Waals surface area contributed by atoms with Crippen molar-refractivity contribution in [2.75, 3.05) is 0 Å². The maximum absolute atomic E-state index is 10.8. The molecule has 94 valence electrons. The molecule has 0 fully saturated rings. The molecule has 0 unspecified atom stereocenters. The number of aryl methyl sites for hydroxylation is 1. The number of rotatable bonds is 4. The van der Waals surface area contributed by atoms with Crippen LogP contribution in [0.2, 0.25) is 0 Å². The van der Waals surface area contributed by atoms with E-state index in [0.29, 0.717) is 5.56 Å². The van der Waals surface area contributed by atoms with Gasteiger partial charge in [0.1, 0.15) is 5.75 Å². The number of aromatic nitrogens is 2. The van der Waals surface area contributed by atoms with Gasteiger partial charge in [0, 0.05) is 18.3 Å². The van der Waals surface area contributed by atoms with E-state index in [4.69, 9.17) is 5.11 Å². The summed E-state index contributed by atoms with van der Waals surface area (Å²) in [6.45, 7) is 2.79. The summed E-state index contributed by atoms with van der Waals surface area (Å²) >= 11 is 0. The van der Waals surface area contributed by atoms with Gasteiger partial charge >= 0.3 is 5.97 Å². The van der Waals surface area contributed by atoms with Gasteiger partial charge in [0.2, 0.25) is 0 Å². The third-order valence-electron chi connectivity index (χ3n) is 2.67. The number of carboxylic acids is 1. The van der Waals surface area contributed by atoms with Crippen LogP contribution in [0, 0.1) is 0 Å². The molecule has 2 N–H and O–H groups in total. The third-order valence-corrected chi connectivity index (χ3v) is 2.67. The average Bonchev–Trinajstić information content (AvgIpc) is 2.77. The largest absolute Gasteiger partial charge is 0.507 e. The van der Waals surface area contributed by atoms with E-state index in [0.717, 1.165) is 18.7 Å². The monoisotopic (exact) mass is 246 g/mol. The fraction of sp³-hybridized carbons (Fsp3) is 0.231. The van der Waals surface area contributed by atoms with Crippen molar-refractivity contribution in [2.45, 2.75) is 19.9 Å². The van der Waals surface area contributed by atoms with Gasteiger partial charge in [0.05, 0.1) is 11.3 Å². The fourth-order valence-corrected chi connectivity index (χ4v) is 1.83. The predicted octanol–water partition coefficient (Wildman–Crippen LogP) is 2.36. The van der Waals surface area contributed by atoms with Gasteiger partial charge in [0.15, 0.2) is 0 Å². The molecule has 0 saturated heterocycles. The minimum Gasteiger partial charge on any atom is -0.507 e. The lowest BCUT2D eigenvalue weighted by Crippen LogP contribution is -2.02. The summed E-state index contributed by atoms with van der Waals surface area (Å²) in [5.41, 5.74) is 1.44. The van der Waals surface area contributed by atoms with Crippen LogP contribution < -0.4 is 0 Å². The number of hydrogen-bond acceptors (Lipinski definition) is 3. The molecule has 0 bridgehead atoms. The van der Waals surface area contributed by atoms with Crippen LogP contribution in [0.15, 0.2) is 30.5 Å². The Bertz CT molecular complexity index is 575. The molecule has 5 heteroatoms. The maximum atomic E-state index is 10.8. The molecule has 0 aliphatic heterocycles. The topological polar surface area (TPSA) is 75.4 Å². The Morgan fingerprint density at radius 3 is 2.78 bits per heavy atom. The Labute approximate surface area is 104 Å². The fourth-order valence-electron chi connectivity index (χ4n) is 1.83. The molecule has 0 amide bonds. The highest BCUT2D eigenvalue weighted by Gasteiger charge is 2.12. The average molecular weight is 246 g/mol. The zero-order chi connectivity index (χ0) is 13.1. The second-order valence-electron chi connectivity index (χ2n) is 3.98. The maximum Gasteiger partial charge on any atom is 0.335 e. The molecule has 18 heavy (non-hydrogen) atoms. The van der Waals surface area contributed by atoms with Gasteiger partial charge in [-0.05, 0) is 30.7 Å². The standard InChI is InChI=1S/C13H14N2O3/c1-2-7-15-11(5-6-14-15)10-4-3-9(13(17)18)8-12(10)16/h3-6,8,16H,2,7H2,1H3,(H,17,18). The zero-order valence-corrected chi connectivity index (χ0v) is 10.00. The van der Waals surface area contributed by atoms with Gasteiger partial charge in [-0.3, -0.25) is 4.68 Å². The van der Waals surface area contributed by atoms with Crippen LogP contribution in [0.1, 0.15) is 23.7 Å². The molecular weight excluding hydrogens is 232 g/mol. The number of benzene rings is 1. The summed E-state index contributed by atoms with van der Waals surface area (Å²) in [6, 6.07) is 6.12. The summed E-state index contributed by atoms with van der Waals surface area (Å²) < 4.78 is 1.79. The molecule has 1 heterocycles. The summed E-state index contributed by atoms with van der Waals surface area (Å²) in [4.78, 5) is 10.8. The lowest BCUT2D eigenvalue weighted by atomic mass is 10.1. The minimum absolute atomic E-state index is 0.0484. The number of phenolic OH excluding ortho intramolecular Hbond substituents is 1. The molecule has 0 atom stereocenters. The summed E-state index contributed by atoms with van der Waals surface area (Å²) in [7, 11) is 0. The number of nitrogens with zero attached hydrogens (tertiary/aromatic N) is 2. The molecule has 2 rings (SSSR count). The van der Waals surface area contributed by atoms with Gasteiger partial charge in [0.25, 0.3) is 0 Å². The van der Waals surface area contributed by atoms with Gasteiger partial charge in [-0.2, -0.15) is 5.10 Å². The number of hydrogen-bond donors (Lipinski definition) is 2. The molecule has 0 aliphatic carbocycles. The molecule has 5 nitrogen and oxygen atoms in total. The van der Waals surface area contributed by atoms with Gasteiger partial charge in [-0.25, -0.2) is 4.79 Å². The van der Waals surface area contributed by atoms with E-state index >= 15 is 0 Å². The second-order valence-corrected chi connectivity index (χ2v) is 3.98. The minimum atomic E-state index is -1.06.